The predicted octanol–water partition coefficient (Wildman–Crippen LogP) is 4.71. The van der Waals surface area contributed by atoms with E-state index < -0.39 is 0 Å². The Kier molecular flexibility index (Phi) is 6.11. The lowest BCUT2D eigenvalue weighted by Gasteiger charge is -2.11. The summed E-state index contributed by atoms with van der Waals surface area (Å²) in [7, 11) is 5.22. The number of hydrogen-bond donors (Lipinski definition) is 2. The van der Waals surface area contributed by atoms with Crippen LogP contribution in [0.25, 0.3) is 21.9 Å². The van der Waals surface area contributed by atoms with Crippen LogP contribution in [0.5, 0.6) is 11.5 Å². The molecule has 30 heavy (non-hydrogen) atoms. The Balaban J connectivity index is 1.57. The number of ether oxygens (including phenoxy) is 2. The molecule has 0 amide bonds. The van der Waals surface area contributed by atoms with Crippen molar-refractivity contribution in [3.8, 4) is 22.6 Å². The molecule has 0 atom stereocenters. The average Bonchev–Trinajstić information content (AvgIpc) is 3.26. The van der Waals surface area contributed by atoms with Gasteiger partial charge in [0.1, 0.15) is 0 Å². The van der Waals surface area contributed by atoms with Crippen molar-refractivity contribution in [3.63, 3.8) is 0 Å². The number of thiophene rings is 1. The van der Waals surface area contributed by atoms with E-state index in [0.29, 0.717) is 18.0 Å². The molecule has 0 saturated heterocycles. The molecular weight excluding hydrogens is 396 g/mol. The lowest BCUT2D eigenvalue weighted by Crippen LogP contribution is -2.06. The quantitative estimate of drug-likeness (QED) is 0.430. The van der Waals surface area contributed by atoms with Crippen molar-refractivity contribution in [1.29, 1.82) is 0 Å². The summed E-state index contributed by atoms with van der Waals surface area (Å²) in [6.07, 6.45) is 1.73. The van der Waals surface area contributed by atoms with Crippen LogP contribution >= 0.6 is 11.3 Å². The summed E-state index contributed by atoms with van der Waals surface area (Å²) in [5.74, 6) is 2.06. The molecule has 0 aliphatic rings. The molecule has 7 heteroatoms. The topological polar surface area (TPSA) is 68.3 Å². The first-order chi connectivity index (χ1) is 14.7. The molecule has 2 heterocycles. The summed E-state index contributed by atoms with van der Waals surface area (Å²) < 4.78 is 10.8. The molecule has 2 aromatic carbocycles. The Morgan fingerprint density at radius 2 is 1.80 bits per heavy atom. The van der Waals surface area contributed by atoms with E-state index in [1.165, 1.54) is 21.6 Å². The highest BCUT2D eigenvalue weighted by Gasteiger charge is 2.12. The monoisotopic (exact) mass is 420 g/mol. The summed E-state index contributed by atoms with van der Waals surface area (Å²) in [5, 5.41) is 19.2. The van der Waals surface area contributed by atoms with Crippen molar-refractivity contribution in [2.45, 2.75) is 13.1 Å². The number of nitrogens with zero attached hydrogens (tertiary/aromatic N) is 2. The minimum absolute atomic E-state index is 0.667. The highest BCUT2D eigenvalue weighted by Crippen LogP contribution is 2.34. The number of fused-ring (bicyclic) bond motifs is 1. The van der Waals surface area contributed by atoms with Crippen molar-refractivity contribution in [2.75, 3.05) is 26.6 Å². The molecule has 0 unspecified atom stereocenters. The van der Waals surface area contributed by atoms with E-state index in [1.807, 2.05) is 19.2 Å². The van der Waals surface area contributed by atoms with Crippen LogP contribution in [0.15, 0.2) is 54.0 Å². The van der Waals surface area contributed by atoms with Crippen LogP contribution in [0.4, 0.5) is 5.82 Å². The van der Waals surface area contributed by atoms with E-state index in [1.54, 1.807) is 31.8 Å². The van der Waals surface area contributed by atoms with Gasteiger partial charge in [-0.2, -0.15) is 5.10 Å². The van der Waals surface area contributed by atoms with E-state index >= 15 is 0 Å². The van der Waals surface area contributed by atoms with Gasteiger partial charge >= 0.3 is 0 Å². The summed E-state index contributed by atoms with van der Waals surface area (Å²) in [6, 6.07) is 14.6. The van der Waals surface area contributed by atoms with Gasteiger partial charge in [0, 0.05) is 22.2 Å². The third kappa shape index (κ3) is 4.08. The third-order valence-corrected chi connectivity index (χ3v) is 5.88. The SMILES string of the molecule is CNCc1ccccc1-c1csc(CNc2nncc3cc(OC)c(OC)cc23)c1. The highest BCUT2D eigenvalue weighted by molar-refractivity contribution is 7.10. The fourth-order valence-corrected chi connectivity index (χ4v) is 4.30. The van der Waals surface area contributed by atoms with E-state index in [4.69, 9.17) is 9.47 Å². The first-order valence-electron chi connectivity index (χ1n) is 9.65. The minimum Gasteiger partial charge on any atom is -0.493 e. The van der Waals surface area contributed by atoms with Gasteiger partial charge in [-0.25, -0.2) is 0 Å². The predicted molar refractivity (Wildman–Crippen MR) is 122 cm³/mol. The van der Waals surface area contributed by atoms with Crippen LogP contribution in [0.1, 0.15) is 10.4 Å². The average molecular weight is 421 g/mol. The molecule has 0 radical (unpaired) electrons. The Morgan fingerprint density at radius 1 is 1.00 bits per heavy atom. The van der Waals surface area contributed by atoms with Gasteiger partial charge in [-0.1, -0.05) is 24.3 Å². The first kappa shape index (κ1) is 20.1. The Labute approximate surface area is 179 Å². The van der Waals surface area contributed by atoms with Crippen LogP contribution in [-0.4, -0.2) is 31.5 Å². The van der Waals surface area contributed by atoms with Crippen LogP contribution in [-0.2, 0) is 13.1 Å². The maximum Gasteiger partial charge on any atom is 0.161 e. The van der Waals surface area contributed by atoms with Gasteiger partial charge in [0.25, 0.3) is 0 Å². The van der Waals surface area contributed by atoms with Crippen molar-refractivity contribution >= 4 is 27.9 Å². The zero-order valence-electron chi connectivity index (χ0n) is 17.2. The fraction of sp³-hybridized carbons (Fsp3) is 0.217. The molecule has 0 aliphatic carbocycles. The van der Waals surface area contributed by atoms with Gasteiger partial charge in [-0.15, -0.1) is 16.4 Å². The number of methoxy groups -OCH3 is 2. The normalized spacial score (nSPS) is 10.9. The zero-order chi connectivity index (χ0) is 20.9. The summed E-state index contributed by atoms with van der Waals surface area (Å²) in [4.78, 5) is 1.23. The van der Waals surface area contributed by atoms with E-state index in [-0.39, 0.29) is 0 Å². The van der Waals surface area contributed by atoms with Crippen molar-refractivity contribution in [3.05, 3.63) is 64.5 Å². The smallest absolute Gasteiger partial charge is 0.161 e. The van der Waals surface area contributed by atoms with E-state index in [2.05, 4.69) is 56.5 Å². The lowest BCUT2D eigenvalue weighted by molar-refractivity contribution is 0.356. The molecule has 2 aromatic heterocycles. The molecule has 4 rings (SSSR count). The molecule has 0 aliphatic heterocycles. The minimum atomic E-state index is 0.667. The van der Waals surface area contributed by atoms with Gasteiger partial charge in [0.05, 0.1) is 27.0 Å². The number of anilines is 1. The third-order valence-electron chi connectivity index (χ3n) is 4.94. The second-order valence-corrected chi connectivity index (χ2v) is 7.83. The second-order valence-electron chi connectivity index (χ2n) is 6.83. The summed E-state index contributed by atoms with van der Waals surface area (Å²) in [6.45, 7) is 1.51. The van der Waals surface area contributed by atoms with Crippen molar-refractivity contribution in [2.24, 2.45) is 0 Å². The van der Waals surface area contributed by atoms with E-state index in [9.17, 15) is 0 Å². The number of hydrogen-bond acceptors (Lipinski definition) is 7. The van der Waals surface area contributed by atoms with Gasteiger partial charge in [0.15, 0.2) is 17.3 Å². The van der Waals surface area contributed by atoms with Crippen molar-refractivity contribution < 1.29 is 9.47 Å². The van der Waals surface area contributed by atoms with Gasteiger partial charge < -0.3 is 20.1 Å². The van der Waals surface area contributed by atoms with Gasteiger partial charge in [-0.05, 0) is 47.3 Å². The fourth-order valence-electron chi connectivity index (χ4n) is 3.47. The molecule has 6 nitrogen and oxygen atoms in total. The van der Waals surface area contributed by atoms with Crippen LogP contribution in [0, 0.1) is 0 Å². The molecule has 0 saturated carbocycles. The molecular formula is C23H24N4O2S. The van der Waals surface area contributed by atoms with Crippen LogP contribution in [0.2, 0.25) is 0 Å². The van der Waals surface area contributed by atoms with Crippen molar-refractivity contribution in [1.82, 2.24) is 15.5 Å². The molecule has 4 aromatic rings. The summed E-state index contributed by atoms with van der Waals surface area (Å²) >= 11 is 1.73. The Hall–Kier alpha value is -3.16. The molecule has 2 N–H and O–H groups in total. The number of aromatic nitrogens is 2. The Morgan fingerprint density at radius 3 is 2.60 bits per heavy atom. The van der Waals surface area contributed by atoms with E-state index in [0.717, 1.165) is 23.1 Å². The molecule has 0 bridgehead atoms. The number of rotatable bonds is 8. The van der Waals surface area contributed by atoms with Gasteiger partial charge in [-0.3, -0.25) is 0 Å². The highest BCUT2D eigenvalue weighted by atomic mass is 32.1. The molecule has 0 spiro atoms. The molecule has 154 valence electrons. The lowest BCUT2D eigenvalue weighted by atomic mass is 10.0. The van der Waals surface area contributed by atoms with Crippen LogP contribution in [0.3, 0.4) is 0 Å². The number of benzene rings is 2. The second kappa shape index (κ2) is 9.11. The zero-order valence-corrected chi connectivity index (χ0v) is 18.0. The first-order valence-corrected chi connectivity index (χ1v) is 10.5. The maximum absolute atomic E-state index is 5.44. The largest absolute Gasteiger partial charge is 0.493 e. The number of nitrogens with one attached hydrogen (secondary N) is 2. The standard InChI is InChI=1S/C23H24N4O2S/c1-24-11-15-6-4-5-7-19(15)17-8-18(30-14-17)13-25-23-20-10-22(29-3)21(28-2)9-16(20)12-26-27-23/h4-10,12,14,24H,11,13H2,1-3H3,(H,25,27). The van der Waals surface area contributed by atoms with Crippen LogP contribution < -0.4 is 20.1 Å². The summed E-state index contributed by atoms with van der Waals surface area (Å²) in [5.41, 5.74) is 3.78. The maximum atomic E-state index is 5.44. The van der Waals surface area contributed by atoms with Gasteiger partial charge in [0.2, 0.25) is 0 Å². The molecule has 0 fully saturated rings. The Bertz CT molecular complexity index is 1160.